The average molecular weight is 257 g/mol. The fraction of sp³-hybridized carbons (Fsp3) is 0.857. The molecule has 4 heteroatoms. The van der Waals surface area contributed by atoms with Crippen molar-refractivity contribution >= 4 is 11.9 Å². The van der Waals surface area contributed by atoms with Crippen molar-refractivity contribution in [2.24, 2.45) is 5.92 Å². The molecule has 0 aromatic heterocycles. The number of unbranched alkanes of at least 4 members (excludes halogenated alkanes) is 1. The summed E-state index contributed by atoms with van der Waals surface area (Å²) in [7, 11) is 0. The second kappa shape index (κ2) is 9.92. The second-order valence-corrected chi connectivity index (χ2v) is 4.53. The van der Waals surface area contributed by atoms with Gasteiger partial charge in [0.15, 0.2) is 0 Å². The summed E-state index contributed by atoms with van der Waals surface area (Å²) in [6.45, 7) is 9.75. The summed E-state index contributed by atoms with van der Waals surface area (Å²) in [5, 5.41) is 0. The summed E-state index contributed by atoms with van der Waals surface area (Å²) in [5.74, 6) is -0.259. The van der Waals surface area contributed by atoms with Crippen LogP contribution < -0.4 is 0 Å². The molecule has 0 bridgehead atoms. The largest absolute Gasteiger partial charge is 0.465 e. The van der Waals surface area contributed by atoms with Crippen molar-refractivity contribution in [2.45, 2.75) is 53.4 Å². The minimum atomic E-state index is -0.193. The summed E-state index contributed by atoms with van der Waals surface area (Å²) >= 11 is 0. The van der Waals surface area contributed by atoms with E-state index in [0.29, 0.717) is 19.4 Å². The molecule has 1 unspecified atom stereocenters. The van der Waals surface area contributed by atoms with Gasteiger partial charge in [-0.25, -0.2) is 0 Å². The molecule has 0 saturated heterocycles. The number of hydrogen-bond donors (Lipinski definition) is 0. The van der Waals surface area contributed by atoms with Crippen LogP contribution in [-0.2, 0) is 14.3 Å². The molecule has 0 radical (unpaired) electrons. The average Bonchev–Trinajstić information content (AvgIpc) is 2.37. The molecule has 0 heterocycles. The minimum Gasteiger partial charge on any atom is -0.465 e. The molecule has 106 valence electrons. The van der Waals surface area contributed by atoms with Gasteiger partial charge in [-0.1, -0.05) is 20.3 Å². The van der Waals surface area contributed by atoms with Crippen LogP contribution in [0.2, 0.25) is 0 Å². The van der Waals surface area contributed by atoms with Gasteiger partial charge in [-0.2, -0.15) is 0 Å². The van der Waals surface area contributed by atoms with Crippen LogP contribution in [0.4, 0.5) is 0 Å². The summed E-state index contributed by atoms with van der Waals surface area (Å²) in [5.41, 5.74) is 0. The first-order valence-electron chi connectivity index (χ1n) is 7.01. The predicted octanol–water partition coefficient (Wildman–Crippen LogP) is 2.61. The van der Waals surface area contributed by atoms with Crippen molar-refractivity contribution in [3.8, 4) is 0 Å². The highest BCUT2D eigenvalue weighted by Gasteiger charge is 2.17. The van der Waals surface area contributed by atoms with Crippen molar-refractivity contribution in [3.63, 3.8) is 0 Å². The van der Waals surface area contributed by atoms with Crippen LogP contribution in [0.25, 0.3) is 0 Å². The SMILES string of the molecule is CCCCOC(=O)C(C)CCC(=O)N(CC)CC. The van der Waals surface area contributed by atoms with Crippen molar-refractivity contribution in [3.05, 3.63) is 0 Å². The molecular formula is C14H27NO3. The smallest absolute Gasteiger partial charge is 0.308 e. The number of carbonyl (C=O) groups excluding carboxylic acids is 2. The summed E-state index contributed by atoms with van der Waals surface area (Å²) in [4.78, 5) is 25.1. The van der Waals surface area contributed by atoms with Gasteiger partial charge in [-0.05, 0) is 26.7 Å². The number of hydrogen-bond acceptors (Lipinski definition) is 3. The zero-order valence-electron chi connectivity index (χ0n) is 12.2. The molecule has 0 fully saturated rings. The highest BCUT2D eigenvalue weighted by Crippen LogP contribution is 2.10. The molecule has 0 N–H and O–H groups in total. The van der Waals surface area contributed by atoms with Crippen molar-refractivity contribution in [2.75, 3.05) is 19.7 Å². The van der Waals surface area contributed by atoms with E-state index in [1.165, 1.54) is 0 Å². The Bertz CT molecular complexity index is 249. The minimum absolute atomic E-state index is 0.119. The molecule has 4 nitrogen and oxygen atoms in total. The Morgan fingerprint density at radius 3 is 2.28 bits per heavy atom. The highest BCUT2D eigenvalue weighted by molar-refractivity contribution is 5.77. The lowest BCUT2D eigenvalue weighted by molar-refractivity contribution is -0.148. The van der Waals surface area contributed by atoms with Crippen molar-refractivity contribution < 1.29 is 14.3 Å². The Morgan fingerprint density at radius 2 is 1.78 bits per heavy atom. The third kappa shape index (κ3) is 6.62. The summed E-state index contributed by atoms with van der Waals surface area (Å²) in [6, 6.07) is 0. The van der Waals surface area contributed by atoms with Crippen LogP contribution in [0.3, 0.4) is 0 Å². The molecule has 0 aromatic rings. The van der Waals surface area contributed by atoms with Gasteiger partial charge in [-0.15, -0.1) is 0 Å². The van der Waals surface area contributed by atoms with Gasteiger partial charge in [0.1, 0.15) is 0 Å². The zero-order chi connectivity index (χ0) is 14.0. The number of carbonyl (C=O) groups is 2. The van der Waals surface area contributed by atoms with Crippen LogP contribution in [0, 0.1) is 5.92 Å². The van der Waals surface area contributed by atoms with E-state index in [1.807, 2.05) is 20.8 Å². The third-order valence-electron chi connectivity index (χ3n) is 3.05. The first-order chi connectivity index (χ1) is 8.56. The number of nitrogens with zero attached hydrogens (tertiary/aromatic N) is 1. The van der Waals surface area contributed by atoms with E-state index in [0.717, 1.165) is 25.9 Å². The summed E-state index contributed by atoms with van der Waals surface area (Å²) < 4.78 is 5.13. The van der Waals surface area contributed by atoms with E-state index in [1.54, 1.807) is 4.90 Å². The number of rotatable bonds is 9. The van der Waals surface area contributed by atoms with Gasteiger partial charge in [0, 0.05) is 19.5 Å². The molecular weight excluding hydrogens is 230 g/mol. The Labute approximate surface area is 111 Å². The maximum absolute atomic E-state index is 11.8. The highest BCUT2D eigenvalue weighted by atomic mass is 16.5. The van der Waals surface area contributed by atoms with E-state index in [9.17, 15) is 9.59 Å². The fourth-order valence-corrected chi connectivity index (χ4v) is 1.65. The Morgan fingerprint density at radius 1 is 1.17 bits per heavy atom. The number of amides is 1. The molecule has 0 aliphatic rings. The predicted molar refractivity (Wildman–Crippen MR) is 72.2 cm³/mol. The number of esters is 1. The van der Waals surface area contributed by atoms with Crippen molar-refractivity contribution in [1.29, 1.82) is 0 Å². The van der Waals surface area contributed by atoms with Gasteiger partial charge in [0.25, 0.3) is 0 Å². The molecule has 1 amide bonds. The zero-order valence-corrected chi connectivity index (χ0v) is 12.2. The molecule has 18 heavy (non-hydrogen) atoms. The molecule has 0 rings (SSSR count). The maximum Gasteiger partial charge on any atom is 0.308 e. The van der Waals surface area contributed by atoms with Gasteiger partial charge in [0.2, 0.25) is 5.91 Å². The molecule has 0 spiro atoms. The maximum atomic E-state index is 11.8. The fourth-order valence-electron chi connectivity index (χ4n) is 1.65. The van der Waals surface area contributed by atoms with Gasteiger partial charge >= 0.3 is 5.97 Å². The van der Waals surface area contributed by atoms with Crippen LogP contribution in [-0.4, -0.2) is 36.5 Å². The first kappa shape index (κ1) is 16.9. The Balaban J connectivity index is 3.90. The van der Waals surface area contributed by atoms with Gasteiger partial charge in [0.05, 0.1) is 12.5 Å². The monoisotopic (exact) mass is 257 g/mol. The Kier molecular flexibility index (Phi) is 9.33. The first-order valence-corrected chi connectivity index (χ1v) is 7.01. The summed E-state index contributed by atoms with van der Waals surface area (Å²) in [6.07, 6.45) is 2.91. The van der Waals surface area contributed by atoms with E-state index in [4.69, 9.17) is 4.74 Å². The van der Waals surface area contributed by atoms with Gasteiger partial charge < -0.3 is 9.64 Å². The topological polar surface area (TPSA) is 46.6 Å². The van der Waals surface area contributed by atoms with E-state index < -0.39 is 0 Å². The van der Waals surface area contributed by atoms with Crippen LogP contribution in [0.5, 0.6) is 0 Å². The molecule has 1 atom stereocenters. The van der Waals surface area contributed by atoms with Crippen LogP contribution >= 0.6 is 0 Å². The van der Waals surface area contributed by atoms with Crippen molar-refractivity contribution in [1.82, 2.24) is 4.90 Å². The van der Waals surface area contributed by atoms with Crippen LogP contribution in [0.15, 0.2) is 0 Å². The number of ether oxygens (including phenoxy) is 1. The molecule has 0 aliphatic heterocycles. The van der Waals surface area contributed by atoms with E-state index >= 15 is 0 Å². The molecule has 0 saturated carbocycles. The third-order valence-corrected chi connectivity index (χ3v) is 3.05. The standard InChI is InChI=1S/C14H27NO3/c1-5-8-11-18-14(17)12(4)9-10-13(16)15(6-2)7-3/h12H,5-11H2,1-4H3. The quantitative estimate of drug-likeness (QED) is 0.471. The van der Waals surface area contributed by atoms with E-state index in [2.05, 4.69) is 6.92 Å². The van der Waals surface area contributed by atoms with Gasteiger partial charge in [-0.3, -0.25) is 9.59 Å². The Hall–Kier alpha value is -1.06. The lowest BCUT2D eigenvalue weighted by atomic mass is 10.1. The molecule has 0 aliphatic carbocycles. The second-order valence-electron chi connectivity index (χ2n) is 4.53. The van der Waals surface area contributed by atoms with E-state index in [-0.39, 0.29) is 17.8 Å². The van der Waals surface area contributed by atoms with Crippen LogP contribution in [0.1, 0.15) is 53.4 Å². The lowest BCUT2D eigenvalue weighted by Gasteiger charge is -2.19. The lowest BCUT2D eigenvalue weighted by Crippen LogP contribution is -2.31. The molecule has 0 aromatic carbocycles. The normalized spacial score (nSPS) is 12.0.